The molecule has 214 valence electrons. The number of aryl methyl sites for hydroxylation is 3. The summed E-state index contributed by atoms with van der Waals surface area (Å²) in [4.78, 5) is 41.2. The Morgan fingerprint density at radius 3 is 2.12 bits per heavy atom. The topological polar surface area (TPSA) is 132 Å². The van der Waals surface area contributed by atoms with Gasteiger partial charge in [0.05, 0.1) is 11.1 Å². The van der Waals surface area contributed by atoms with Crippen molar-refractivity contribution in [3.8, 4) is 0 Å². The number of aliphatic carboxylic acids is 1. The van der Waals surface area contributed by atoms with Crippen molar-refractivity contribution in [3.05, 3.63) is 75.4 Å². The van der Waals surface area contributed by atoms with Crippen LogP contribution in [-0.2, 0) is 4.79 Å². The Hall–Kier alpha value is -4.20. The molecule has 8 heteroatoms. The number of aromatic amines is 2. The molecule has 0 aromatic carbocycles. The molecule has 41 heavy (non-hydrogen) atoms. The summed E-state index contributed by atoms with van der Waals surface area (Å²) >= 11 is 0. The quantitative estimate of drug-likeness (QED) is 0.248. The number of hydrogen-bond acceptors (Lipinski definition) is 4. The molecule has 3 aromatic heterocycles. The second-order valence-electron chi connectivity index (χ2n) is 11.5. The highest BCUT2D eigenvalue weighted by Crippen LogP contribution is 2.43. The molecule has 4 atom stereocenters. The predicted molar refractivity (Wildman–Crippen MR) is 162 cm³/mol. The summed E-state index contributed by atoms with van der Waals surface area (Å²) < 4.78 is 0. The van der Waals surface area contributed by atoms with Crippen molar-refractivity contribution in [3.63, 3.8) is 0 Å². The van der Waals surface area contributed by atoms with E-state index in [2.05, 4.69) is 50.3 Å². The fourth-order valence-electron chi connectivity index (χ4n) is 6.67. The van der Waals surface area contributed by atoms with E-state index < -0.39 is 11.9 Å². The Morgan fingerprint density at radius 2 is 1.49 bits per heavy atom. The molecular weight excluding hydrogens is 516 g/mol. The lowest BCUT2D eigenvalue weighted by Crippen LogP contribution is -2.07. The molecule has 8 nitrogen and oxygen atoms in total. The largest absolute Gasteiger partial charge is 0.481 e. The van der Waals surface area contributed by atoms with E-state index in [0.29, 0.717) is 28.6 Å². The first-order valence-corrected chi connectivity index (χ1v) is 14.3. The number of nitrogens with zero attached hydrogens (tertiary/aromatic N) is 2. The number of H-pyrrole nitrogens is 2. The fourth-order valence-corrected chi connectivity index (χ4v) is 6.67. The number of rotatable bonds is 6. The van der Waals surface area contributed by atoms with E-state index in [9.17, 15) is 19.8 Å². The monoisotopic (exact) mass is 554 g/mol. The Labute approximate surface area is 239 Å². The van der Waals surface area contributed by atoms with Gasteiger partial charge in [-0.2, -0.15) is 0 Å². The van der Waals surface area contributed by atoms with E-state index in [4.69, 9.17) is 9.97 Å². The van der Waals surface area contributed by atoms with Crippen LogP contribution >= 0.6 is 0 Å². The van der Waals surface area contributed by atoms with Gasteiger partial charge in [0, 0.05) is 75.0 Å². The van der Waals surface area contributed by atoms with Crippen molar-refractivity contribution in [1.29, 1.82) is 0 Å². The molecule has 5 rings (SSSR count). The third-order valence-corrected chi connectivity index (χ3v) is 9.20. The van der Waals surface area contributed by atoms with Crippen LogP contribution in [0.25, 0.3) is 28.1 Å². The van der Waals surface area contributed by atoms with Gasteiger partial charge in [-0.1, -0.05) is 33.4 Å². The lowest BCUT2D eigenvalue weighted by atomic mass is 9.86. The molecule has 2 unspecified atom stereocenters. The molecule has 0 fully saturated rings. The highest BCUT2D eigenvalue weighted by atomic mass is 16.4. The van der Waals surface area contributed by atoms with Crippen LogP contribution in [0.5, 0.6) is 0 Å². The summed E-state index contributed by atoms with van der Waals surface area (Å²) in [6.07, 6.45) is 3.16. The zero-order chi connectivity index (χ0) is 29.7. The molecule has 3 aromatic rings. The Balaban J connectivity index is 1.97. The summed E-state index contributed by atoms with van der Waals surface area (Å²) in [5, 5.41) is 19.8. The molecule has 4 N–H and O–H groups in total. The normalized spacial score (nSPS) is 20.2. The minimum atomic E-state index is -1.02. The van der Waals surface area contributed by atoms with Crippen molar-refractivity contribution in [1.82, 2.24) is 19.9 Å². The highest BCUT2D eigenvalue weighted by molar-refractivity contribution is 6.01. The van der Waals surface area contributed by atoms with Gasteiger partial charge in [-0.25, -0.2) is 4.79 Å². The SMILES string of the molecule is C=Cc1c(C)c2cc3nc(c(C)c4[nH]c(cc5nc(cc1[nH]2)C(C)C5CC)c(C)c4C(=O)O)[C@H](CCC(=O)O)[C@H]3C. The smallest absolute Gasteiger partial charge is 0.338 e. The zero-order valence-electron chi connectivity index (χ0n) is 24.6. The summed E-state index contributed by atoms with van der Waals surface area (Å²) in [5.41, 5.74) is 10.1. The molecule has 0 spiro atoms. The Bertz CT molecular complexity index is 1750. The summed E-state index contributed by atoms with van der Waals surface area (Å²) in [6.45, 7) is 16.2. The Morgan fingerprint density at radius 1 is 0.878 bits per heavy atom. The summed E-state index contributed by atoms with van der Waals surface area (Å²) in [7, 11) is 0. The minimum absolute atomic E-state index is 0.000563. The molecule has 0 amide bonds. The standard InChI is InChI=1S/C33H38N4O4/c1-8-20-15(3)23-12-25-17(5)22(10-11-29(38)39)31(36-25)19(7)32-30(33(40)41)18(6)26(37-32)14-28-21(9-2)16(4)24(35-28)13-27(20)34-23/h8,12-14,16-17,21-22,34,37H,1,9-11H2,2-7H3,(H,38,39)(H,40,41)/t16?,17-,21?,22-/m1/s1. The average Bonchev–Trinajstić information content (AvgIpc) is 3.60. The van der Waals surface area contributed by atoms with Gasteiger partial charge < -0.3 is 20.2 Å². The van der Waals surface area contributed by atoms with Gasteiger partial charge in [-0.05, 0) is 68.5 Å². The van der Waals surface area contributed by atoms with Crippen molar-refractivity contribution in [2.75, 3.05) is 0 Å². The lowest BCUT2D eigenvalue weighted by Gasteiger charge is -2.16. The minimum Gasteiger partial charge on any atom is -0.481 e. The third-order valence-electron chi connectivity index (χ3n) is 9.20. The molecular formula is C33H38N4O4. The first-order valence-electron chi connectivity index (χ1n) is 14.3. The van der Waals surface area contributed by atoms with Crippen LogP contribution in [0.15, 0.2) is 24.8 Å². The molecule has 2 aliphatic rings. The molecule has 5 heterocycles. The Kier molecular flexibility index (Phi) is 7.36. The molecule has 0 aliphatic carbocycles. The zero-order valence-corrected chi connectivity index (χ0v) is 24.6. The van der Waals surface area contributed by atoms with Crippen LogP contribution in [0.1, 0.15) is 119 Å². The number of nitrogens with one attached hydrogen (secondary N) is 2. The second-order valence-corrected chi connectivity index (χ2v) is 11.5. The molecule has 8 bridgehead atoms. The number of aromatic carboxylic acids is 1. The number of aromatic nitrogens is 4. The summed E-state index contributed by atoms with van der Waals surface area (Å²) in [6, 6.07) is 6.12. The van der Waals surface area contributed by atoms with Gasteiger partial charge in [-0.15, -0.1) is 0 Å². The lowest BCUT2D eigenvalue weighted by molar-refractivity contribution is -0.137. The van der Waals surface area contributed by atoms with Gasteiger partial charge in [-0.3, -0.25) is 14.8 Å². The van der Waals surface area contributed by atoms with Crippen molar-refractivity contribution < 1.29 is 19.8 Å². The number of carbonyl (C=O) groups is 2. The first kappa shape index (κ1) is 28.3. The second kappa shape index (κ2) is 10.7. The molecule has 0 radical (unpaired) electrons. The van der Waals surface area contributed by atoms with E-state index >= 15 is 0 Å². The van der Waals surface area contributed by atoms with Crippen LogP contribution in [0, 0.1) is 20.8 Å². The van der Waals surface area contributed by atoms with Crippen LogP contribution in [-0.4, -0.2) is 42.1 Å². The average molecular weight is 555 g/mol. The summed E-state index contributed by atoms with van der Waals surface area (Å²) in [5.74, 6) is -1.75. The maximum Gasteiger partial charge on any atom is 0.338 e. The van der Waals surface area contributed by atoms with Gasteiger partial charge in [0.15, 0.2) is 0 Å². The van der Waals surface area contributed by atoms with Crippen molar-refractivity contribution in [2.45, 2.75) is 84.5 Å². The fraction of sp³-hybridized carbons (Fsp3) is 0.394. The molecule has 0 saturated carbocycles. The number of fused-ring (bicyclic) bond motifs is 8. The van der Waals surface area contributed by atoms with Gasteiger partial charge >= 0.3 is 11.9 Å². The van der Waals surface area contributed by atoms with Gasteiger partial charge in [0.2, 0.25) is 0 Å². The number of carboxylic acids is 2. The molecule has 0 saturated heterocycles. The number of hydrogen-bond donors (Lipinski definition) is 4. The predicted octanol–water partition coefficient (Wildman–Crippen LogP) is 7.63. The van der Waals surface area contributed by atoms with E-state index in [0.717, 1.165) is 51.4 Å². The van der Waals surface area contributed by atoms with Crippen LogP contribution in [0.2, 0.25) is 0 Å². The van der Waals surface area contributed by atoms with Crippen LogP contribution in [0.4, 0.5) is 0 Å². The van der Waals surface area contributed by atoms with Crippen molar-refractivity contribution >= 4 is 40.1 Å². The van der Waals surface area contributed by atoms with Crippen LogP contribution < -0.4 is 0 Å². The highest BCUT2D eigenvalue weighted by Gasteiger charge is 2.32. The molecule has 2 aliphatic heterocycles. The van der Waals surface area contributed by atoms with Crippen molar-refractivity contribution in [2.24, 2.45) is 0 Å². The van der Waals surface area contributed by atoms with Gasteiger partial charge in [0.1, 0.15) is 0 Å². The van der Waals surface area contributed by atoms with Gasteiger partial charge in [0.25, 0.3) is 0 Å². The maximum atomic E-state index is 12.6. The first-order chi connectivity index (χ1) is 19.5. The van der Waals surface area contributed by atoms with Crippen LogP contribution in [0.3, 0.4) is 0 Å². The van der Waals surface area contributed by atoms with E-state index in [1.54, 1.807) is 0 Å². The maximum absolute atomic E-state index is 12.6. The third kappa shape index (κ3) is 4.75. The number of carboxylic acid groups (broad SMARTS) is 2. The van der Waals surface area contributed by atoms with E-state index in [-0.39, 0.29) is 35.7 Å². The van der Waals surface area contributed by atoms with E-state index in [1.165, 1.54) is 0 Å². The van der Waals surface area contributed by atoms with E-state index in [1.807, 2.05) is 32.1 Å².